The fraction of sp³-hybridized carbons (Fsp3) is 0.810. The van der Waals surface area contributed by atoms with Crippen LogP contribution in [0.2, 0.25) is 20.8 Å². The van der Waals surface area contributed by atoms with E-state index in [1.165, 1.54) is 0 Å². The van der Waals surface area contributed by atoms with Gasteiger partial charge in [0.05, 0.1) is 61.0 Å². The second-order valence-corrected chi connectivity index (χ2v) is 15.1. The molecule has 2 aliphatic heterocycles. The third kappa shape index (κ3) is 6.82. The van der Waals surface area contributed by atoms with Gasteiger partial charge in [0, 0.05) is 19.0 Å². The summed E-state index contributed by atoms with van der Waals surface area (Å²) in [5, 5.41) is 3.48. The molecule has 216 valence electrons. The number of amides is 3. The first-order valence-electron chi connectivity index (χ1n) is 14.6. The number of halogens is 3. The molecule has 0 aromatic carbocycles. The van der Waals surface area contributed by atoms with Crippen LogP contribution < -0.4 is 10.6 Å². The average Bonchev–Trinajstić information content (AvgIpc) is 3.29. The molecule has 0 unspecified atom stereocenters. The van der Waals surface area contributed by atoms with Crippen molar-refractivity contribution in [2.45, 2.75) is 71.3 Å². The predicted octanol–water partition coefficient (Wildman–Crippen LogP) is -7.40. The molecule has 1 aliphatic carbocycles. The lowest BCUT2D eigenvalue weighted by Crippen LogP contribution is -2.58. The maximum absolute atomic E-state index is 14.4. The molecule has 41 heavy (non-hydrogen) atoms. The summed E-state index contributed by atoms with van der Waals surface area (Å²) >= 11 is 0. The molecule has 20 heteroatoms. The molecule has 2 N–H and O–H groups in total. The first-order valence-corrected chi connectivity index (χ1v) is 14.6. The first kappa shape index (κ1) is 33.9. The largest absolute Gasteiger partial charge is 0.522 e. The van der Waals surface area contributed by atoms with Gasteiger partial charge in [0.15, 0.2) is 5.78 Å². The van der Waals surface area contributed by atoms with E-state index in [1.807, 2.05) is 15.7 Å². The van der Waals surface area contributed by atoms with Crippen molar-refractivity contribution in [2.75, 3.05) is 19.7 Å². The number of rotatable bonds is 11. The lowest BCUT2D eigenvalue weighted by molar-refractivity contribution is -0.321. The molecule has 3 aliphatic rings. The third-order valence-corrected chi connectivity index (χ3v) is 11.3. The minimum atomic E-state index is -5.01. The van der Waals surface area contributed by atoms with E-state index in [2.05, 4.69) is 70.3 Å². The van der Waals surface area contributed by atoms with Gasteiger partial charge in [-0.05, 0) is 42.7 Å². The van der Waals surface area contributed by atoms with Crippen molar-refractivity contribution in [2.24, 2.45) is 11.3 Å². The van der Waals surface area contributed by atoms with Crippen molar-refractivity contribution < 1.29 is 37.1 Å². The highest BCUT2D eigenvalue weighted by atomic mass is 19.4. The van der Waals surface area contributed by atoms with Crippen LogP contribution in [0, 0.1) is 11.3 Å². The van der Waals surface area contributed by atoms with Crippen molar-refractivity contribution in [3.8, 4) is 0 Å². The molecule has 3 amide bonds. The molecule has 2 saturated heterocycles. The van der Waals surface area contributed by atoms with Gasteiger partial charge in [0.1, 0.15) is 28.3 Å². The van der Waals surface area contributed by atoms with E-state index in [9.17, 15) is 32.3 Å². The molecule has 8 nitrogen and oxygen atoms in total. The Morgan fingerprint density at radius 3 is 2.07 bits per heavy atom. The van der Waals surface area contributed by atoms with Gasteiger partial charge in [0.25, 0.3) is 0 Å². The highest BCUT2D eigenvalue weighted by Crippen LogP contribution is 2.64. The number of ether oxygens (including phenoxy) is 1. The van der Waals surface area contributed by atoms with Gasteiger partial charge in [0.2, 0.25) is 17.7 Å². The zero-order valence-electron chi connectivity index (χ0n) is 26.0. The lowest BCUT2D eigenvalue weighted by atomic mass is 9.08. The second-order valence-electron chi connectivity index (χ2n) is 15.1. The van der Waals surface area contributed by atoms with Gasteiger partial charge in [-0.1, -0.05) is 5.21 Å². The fourth-order valence-corrected chi connectivity index (χ4v) is 6.33. The summed E-state index contributed by atoms with van der Waals surface area (Å²) in [4.78, 5) is 54.8. The van der Waals surface area contributed by atoms with Crippen LogP contribution in [0.1, 0.15) is 32.1 Å². The predicted molar refractivity (Wildman–Crippen MR) is 174 cm³/mol. The molecule has 0 aromatic rings. The van der Waals surface area contributed by atoms with Crippen LogP contribution in [0.3, 0.4) is 0 Å². The molecule has 1 saturated carbocycles. The molecule has 1 spiro atoms. The van der Waals surface area contributed by atoms with E-state index in [-0.39, 0.29) is 34.0 Å². The lowest BCUT2D eigenvalue weighted by Gasteiger charge is -2.60. The average molecular weight is 568 g/mol. The fourth-order valence-electron chi connectivity index (χ4n) is 6.33. The van der Waals surface area contributed by atoms with Crippen molar-refractivity contribution >= 4 is 94.1 Å². The first-order chi connectivity index (χ1) is 18.5. The Hall–Kier alpha value is -1.59. The van der Waals surface area contributed by atoms with Crippen LogP contribution in [0.25, 0.3) is 0 Å². The van der Waals surface area contributed by atoms with Crippen molar-refractivity contribution in [1.29, 1.82) is 0 Å². The maximum Gasteiger partial charge on any atom is 0.522 e. The Morgan fingerprint density at radius 1 is 1.02 bits per heavy atom. The summed E-state index contributed by atoms with van der Waals surface area (Å²) in [6, 6.07) is -2.22. The molecular formula is C21H39B9F3N3O5. The highest BCUT2D eigenvalue weighted by Gasteiger charge is 2.60. The molecule has 3 atom stereocenters. The SMILES string of the molecule is BC(B)(B)C(B)(B)C(B)(B)C(B)(B)C(=O)N1CC2(CC2)C[C@H]1C(=O)N[C@@H](C[C@@H]1CCNC1=O)C(=O)COC(F)(F)F. The van der Waals surface area contributed by atoms with Gasteiger partial charge in [-0.2, -0.15) is 0 Å². The summed E-state index contributed by atoms with van der Waals surface area (Å²) in [6.45, 7) is -0.468. The van der Waals surface area contributed by atoms with Crippen molar-refractivity contribution in [3.05, 3.63) is 0 Å². The minimum absolute atomic E-state index is 0.133. The second kappa shape index (κ2) is 11.2. The van der Waals surface area contributed by atoms with Gasteiger partial charge in [-0.3, -0.25) is 23.9 Å². The van der Waals surface area contributed by atoms with Crippen molar-refractivity contribution in [3.63, 3.8) is 0 Å². The molecular weight excluding hydrogens is 529 g/mol. The Morgan fingerprint density at radius 2 is 1.61 bits per heavy atom. The Kier molecular flexibility index (Phi) is 9.23. The van der Waals surface area contributed by atoms with Gasteiger partial charge in [-0.15, -0.1) is 23.5 Å². The monoisotopic (exact) mass is 569 g/mol. The topological polar surface area (TPSA) is 105 Å². The van der Waals surface area contributed by atoms with E-state index in [4.69, 9.17) is 0 Å². The summed E-state index contributed by atoms with van der Waals surface area (Å²) in [5.74, 6) is -2.66. The zero-order chi connectivity index (χ0) is 31.4. The maximum atomic E-state index is 14.4. The van der Waals surface area contributed by atoms with Crippen LogP contribution in [0.15, 0.2) is 0 Å². The summed E-state index contributed by atoms with van der Waals surface area (Å²) in [6.07, 6.45) is -2.57. The number of hydrogen-bond acceptors (Lipinski definition) is 5. The van der Waals surface area contributed by atoms with Gasteiger partial charge >= 0.3 is 6.36 Å². The van der Waals surface area contributed by atoms with E-state index in [0.717, 1.165) is 12.8 Å². The minimum Gasteiger partial charge on any atom is -0.356 e. The van der Waals surface area contributed by atoms with Crippen LogP contribution in [0.4, 0.5) is 13.2 Å². The Labute approximate surface area is 249 Å². The highest BCUT2D eigenvalue weighted by molar-refractivity contribution is 6.73. The van der Waals surface area contributed by atoms with E-state index >= 15 is 0 Å². The number of nitrogens with one attached hydrogen (secondary N) is 2. The number of hydrogen-bond donors (Lipinski definition) is 2. The molecule has 3 fully saturated rings. The quantitative estimate of drug-likeness (QED) is 0.242. The molecule has 2 heterocycles. The number of alkyl halides is 3. The van der Waals surface area contributed by atoms with E-state index in [1.54, 1.807) is 4.90 Å². The molecule has 0 bridgehead atoms. The zero-order valence-corrected chi connectivity index (χ0v) is 26.0. The summed E-state index contributed by atoms with van der Waals surface area (Å²) in [5.41, 5.74) is -0.165. The molecule has 3 rings (SSSR count). The summed E-state index contributed by atoms with van der Waals surface area (Å²) in [7, 11) is 18.7. The molecule has 0 aromatic heterocycles. The normalized spacial score (nSPS) is 23.7. The smallest absolute Gasteiger partial charge is 0.356 e. The van der Waals surface area contributed by atoms with E-state index < -0.39 is 53.1 Å². The molecule has 0 radical (unpaired) electrons. The van der Waals surface area contributed by atoms with Crippen LogP contribution in [-0.4, -0.2) is 137 Å². The van der Waals surface area contributed by atoms with Crippen LogP contribution >= 0.6 is 0 Å². The Balaban J connectivity index is 1.86. The standard InChI is InChI=1S/C21H39B9F3N3O5/c22-17(23,18(24,25)19(26,27)20(28,29)30)15(40)36-8-16(2-3-16)6-11(36)14(39)35-10(5-9-1-4-34-13(9)38)12(37)7-41-21(31,32)33/h9-11H,1-8,22-30H2,(H,34,38)(H,35,39)/t9-,10-,11-/m0/s1. The van der Waals surface area contributed by atoms with E-state index in [0.29, 0.717) is 25.9 Å². The number of likely N-dealkylation sites (tertiary alicyclic amines) is 1. The van der Waals surface area contributed by atoms with Gasteiger partial charge in [-0.25, -0.2) is 0 Å². The third-order valence-electron chi connectivity index (χ3n) is 11.3. The number of carbonyl (C=O) groups is 4. The van der Waals surface area contributed by atoms with Crippen molar-refractivity contribution in [1.82, 2.24) is 15.5 Å². The Bertz CT molecular complexity index is 1080. The van der Waals surface area contributed by atoms with Crippen LogP contribution in [-0.2, 0) is 23.9 Å². The summed E-state index contributed by atoms with van der Waals surface area (Å²) < 4.78 is 41.8. The number of carbonyl (C=O) groups excluding carboxylic acids is 4. The number of ketones is 1. The van der Waals surface area contributed by atoms with Crippen LogP contribution in [0.5, 0.6) is 0 Å². The number of Topliss-reactive ketones (excluding diaryl/α,β-unsaturated/α-hetero) is 1. The number of nitrogens with zero attached hydrogens (tertiary/aromatic N) is 1. The van der Waals surface area contributed by atoms with Gasteiger partial charge < -0.3 is 15.5 Å².